The zero-order valence-electron chi connectivity index (χ0n) is 11.0. The van der Waals surface area contributed by atoms with Crippen LogP contribution in [0.25, 0.3) is 0 Å². The number of carbonyl (C=O) groups excluding carboxylic acids is 1. The van der Waals surface area contributed by atoms with Crippen LogP contribution in [-0.2, 0) is 11.2 Å². The van der Waals surface area contributed by atoms with Gasteiger partial charge in [-0.25, -0.2) is 4.39 Å². The molecule has 2 aromatic carbocycles. The fraction of sp³-hybridized carbons (Fsp3) is 0.188. The van der Waals surface area contributed by atoms with E-state index in [0.717, 1.165) is 12.0 Å². The molecule has 102 valence electrons. The minimum Gasteiger partial charge on any atom is -0.325 e. The Hall–Kier alpha value is -1.81. The molecule has 0 aliphatic carbocycles. The topological polar surface area (TPSA) is 29.1 Å². The van der Waals surface area contributed by atoms with E-state index in [2.05, 4.69) is 11.4 Å². The smallest absolute Gasteiger partial charge is 0.238 e. The van der Waals surface area contributed by atoms with E-state index in [4.69, 9.17) is 0 Å². The SMILES string of the molecule is Cc1cc(F)ccc1NC(=O)C1Cc2ccccc2S1. The highest BCUT2D eigenvalue weighted by molar-refractivity contribution is 8.01. The quantitative estimate of drug-likeness (QED) is 0.910. The number of carbonyl (C=O) groups is 1. The fourth-order valence-electron chi connectivity index (χ4n) is 2.31. The molecule has 2 aromatic rings. The summed E-state index contributed by atoms with van der Waals surface area (Å²) in [5.74, 6) is -0.316. The molecule has 1 aliphatic heterocycles. The van der Waals surface area contributed by atoms with E-state index >= 15 is 0 Å². The second kappa shape index (κ2) is 5.29. The van der Waals surface area contributed by atoms with Gasteiger partial charge in [-0.2, -0.15) is 0 Å². The van der Waals surface area contributed by atoms with Crippen molar-refractivity contribution in [3.8, 4) is 0 Å². The molecule has 20 heavy (non-hydrogen) atoms. The maximum atomic E-state index is 13.0. The molecule has 0 radical (unpaired) electrons. The average Bonchev–Trinajstić information content (AvgIpc) is 2.86. The monoisotopic (exact) mass is 287 g/mol. The minimum atomic E-state index is -0.289. The minimum absolute atomic E-state index is 0.0269. The lowest BCUT2D eigenvalue weighted by molar-refractivity contribution is -0.115. The number of rotatable bonds is 2. The predicted molar refractivity (Wildman–Crippen MR) is 79.6 cm³/mol. The summed E-state index contributed by atoms with van der Waals surface area (Å²) in [4.78, 5) is 13.5. The van der Waals surface area contributed by atoms with Gasteiger partial charge in [0, 0.05) is 10.6 Å². The molecule has 1 heterocycles. The maximum absolute atomic E-state index is 13.0. The molecule has 0 saturated carbocycles. The molecule has 1 N–H and O–H groups in total. The Balaban J connectivity index is 1.72. The maximum Gasteiger partial charge on any atom is 0.238 e. The van der Waals surface area contributed by atoms with Gasteiger partial charge in [0.1, 0.15) is 5.82 Å². The van der Waals surface area contributed by atoms with E-state index in [1.54, 1.807) is 24.8 Å². The number of benzene rings is 2. The van der Waals surface area contributed by atoms with Crippen molar-refractivity contribution in [1.82, 2.24) is 0 Å². The average molecular weight is 287 g/mol. The number of fused-ring (bicyclic) bond motifs is 1. The van der Waals surface area contributed by atoms with E-state index in [-0.39, 0.29) is 17.0 Å². The van der Waals surface area contributed by atoms with E-state index in [1.165, 1.54) is 22.6 Å². The van der Waals surface area contributed by atoms with Crippen LogP contribution >= 0.6 is 11.8 Å². The van der Waals surface area contributed by atoms with Gasteiger partial charge in [0.2, 0.25) is 5.91 Å². The van der Waals surface area contributed by atoms with Crippen LogP contribution in [0.1, 0.15) is 11.1 Å². The zero-order chi connectivity index (χ0) is 14.1. The van der Waals surface area contributed by atoms with Crippen molar-refractivity contribution < 1.29 is 9.18 Å². The third kappa shape index (κ3) is 2.56. The number of amides is 1. The van der Waals surface area contributed by atoms with Crippen LogP contribution in [0.2, 0.25) is 0 Å². The van der Waals surface area contributed by atoms with Gasteiger partial charge in [0.15, 0.2) is 0 Å². The van der Waals surface area contributed by atoms with Crippen molar-refractivity contribution in [3.63, 3.8) is 0 Å². The number of aryl methyl sites for hydroxylation is 1. The number of hydrogen-bond donors (Lipinski definition) is 1. The number of anilines is 1. The number of halogens is 1. The van der Waals surface area contributed by atoms with Crippen LogP contribution < -0.4 is 5.32 Å². The summed E-state index contributed by atoms with van der Waals surface area (Å²) in [6, 6.07) is 12.5. The van der Waals surface area contributed by atoms with Gasteiger partial charge in [0.25, 0.3) is 0 Å². The van der Waals surface area contributed by atoms with Crippen molar-refractivity contribution >= 4 is 23.4 Å². The lowest BCUT2D eigenvalue weighted by Gasteiger charge is -2.12. The number of hydrogen-bond acceptors (Lipinski definition) is 2. The molecule has 1 atom stereocenters. The molecule has 1 unspecified atom stereocenters. The molecule has 3 rings (SSSR count). The summed E-state index contributed by atoms with van der Waals surface area (Å²) >= 11 is 1.59. The Kier molecular flexibility index (Phi) is 3.49. The molecule has 0 bridgehead atoms. The van der Waals surface area contributed by atoms with Crippen molar-refractivity contribution in [3.05, 3.63) is 59.4 Å². The third-order valence-electron chi connectivity index (χ3n) is 3.39. The van der Waals surface area contributed by atoms with Gasteiger partial charge in [0.05, 0.1) is 5.25 Å². The third-order valence-corrected chi connectivity index (χ3v) is 4.70. The number of thioether (sulfide) groups is 1. The predicted octanol–water partition coefficient (Wildman–Crippen LogP) is 3.79. The van der Waals surface area contributed by atoms with Crippen molar-refractivity contribution in [1.29, 1.82) is 0 Å². The fourth-order valence-corrected chi connectivity index (χ4v) is 3.50. The second-order valence-electron chi connectivity index (χ2n) is 4.87. The standard InChI is InChI=1S/C16H14FNOS/c1-10-8-12(17)6-7-13(10)18-16(19)15-9-11-4-2-3-5-14(11)20-15/h2-8,15H,9H2,1H3,(H,18,19). The first-order chi connectivity index (χ1) is 9.63. The summed E-state index contributed by atoms with van der Waals surface area (Å²) < 4.78 is 13.0. The summed E-state index contributed by atoms with van der Waals surface area (Å²) in [6.07, 6.45) is 0.743. The van der Waals surface area contributed by atoms with E-state index in [1.807, 2.05) is 18.2 Å². The number of nitrogens with one attached hydrogen (secondary N) is 1. The van der Waals surface area contributed by atoms with E-state index < -0.39 is 0 Å². The van der Waals surface area contributed by atoms with Crippen molar-refractivity contribution in [2.24, 2.45) is 0 Å². The van der Waals surface area contributed by atoms with Crippen molar-refractivity contribution in [2.45, 2.75) is 23.5 Å². The molecule has 0 spiro atoms. The Morgan fingerprint density at radius 2 is 2.10 bits per heavy atom. The molecule has 1 amide bonds. The van der Waals surface area contributed by atoms with Crippen LogP contribution in [0, 0.1) is 12.7 Å². The van der Waals surface area contributed by atoms with Gasteiger partial charge in [-0.15, -0.1) is 11.8 Å². The Morgan fingerprint density at radius 3 is 2.85 bits per heavy atom. The molecule has 1 aliphatic rings. The lowest BCUT2D eigenvalue weighted by Crippen LogP contribution is -2.25. The van der Waals surface area contributed by atoms with Crippen LogP contribution in [-0.4, -0.2) is 11.2 Å². The van der Waals surface area contributed by atoms with Crippen LogP contribution in [0.4, 0.5) is 10.1 Å². The van der Waals surface area contributed by atoms with Crippen LogP contribution in [0.5, 0.6) is 0 Å². The largest absolute Gasteiger partial charge is 0.325 e. The Labute approximate surface area is 121 Å². The Bertz CT molecular complexity index is 646. The summed E-state index contributed by atoms with van der Waals surface area (Å²) in [5, 5.41) is 2.77. The second-order valence-corrected chi connectivity index (χ2v) is 6.11. The van der Waals surface area contributed by atoms with E-state index in [9.17, 15) is 9.18 Å². The first-order valence-corrected chi connectivity index (χ1v) is 7.33. The van der Waals surface area contributed by atoms with Crippen molar-refractivity contribution in [2.75, 3.05) is 5.32 Å². The Morgan fingerprint density at radius 1 is 1.30 bits per heavy atom. The molecule has 2 nitrogen and oxygen atoms in total. The summed E-state index contributed by atoms with van der Waals surface area (Å²) in [5.41, 5.74) is 2.63. The van der Waals surface area contributed by atoms with E-state index in [0.29, 0.717) is 5.69 Å². The highest BCUT2D eigenvalue weighted by Crippen LogP contribution is 2.37. The highest BCUT2D eigenvalue weighted by atomic mass is 32.2. The molecule has 4 heteroatoms. The zero-order valence-corrected chi connectivity index (χ0v) is 11.8. The molecule has 0 saturated heterocycles. The lowest BCUT2D eigenvalue weighted by atomic mass is 10.1. The summed E-state index contributed by atoms with van der Waals surface area (Å²) in [6.45, 7) is 1.79. The van der Waals surface area contributed by atoms with Crippen LogP contribution in [0.15, 0.2) is 47.4 Å². The highest BCUT2D eigenvalue weighted by Gasteiger charge is 2.28. The van der Waals surface area contributed by atoms with Gasteiger partial charge >= 0.3 is 0 Å². The first-order valence-electron chi connectivity index (χ1n) is 6.45. The van der Waals surface area contributed by atoms with Gasteiger partial charge < -0.3 is 5.32 Å². The molecule has 0 fully saturated rings. The first kappa shape index (κ1) is 13.2. The van der Waals surface area contributed by atoms with Gasteiger partial charge in [-0.1, -0.05) is 18.2 Å². The molecular formula is C16H14FNOS. The van der Waals surface area contributed by atoms with Gasteiger partial charge in [-0.3, -0.25) is 4.79 Å². The van der Waals surface area contributed by atoms with Crippen LogP contribution in [0.3, 0.4) is 0 Å². The molecule has 0 aromatic heterocycles. The molecular weight excluding hydrogens is 273 g/mol. The normalized spacial score (nSPS) is 16.8. The van der Waals surface area contributed by atoms with Gasteiger partial charge in [-0.05, 0) is 48.7 Å². The summed E-state index contributed by atoms with van der Waals surface area (Å²) in [7, 11) is 0.